The highest BCUT2D eigenvalue weighted by Crippen LogP contribution is 2.09. The van der Waals surface area contributed by atoms with Crippen LogP contribution in [-0.4, -0.2) is 14.8 Å². The Morgan fingerprint density at radius 2 is 2.00 bits per heavy atom. The molecule has 0 unspecified atom stereocenters. The Morgan fingerprint density at radius 1 is 1.11 bits per heavy atom. The Hall–Kier alpha value is -2.49. The Bertz CT molecular complexity index is 611. The van der Waals surface area contributed by atoms with Crippen molar-refractivity contribution in [2.75, 3.05) is 5.32 Å². The zero-order valence-electron chi connectivity index (χ0n) is 10.6. The molecular formula is C15H16N4. The highest BCUT2D eigenvalue weighted by atomic mass is 15.3. The fourth-order valence-electron chi connectivity index (χ4n) is 1.99. The predicted octanol–water partition coefficient (Wildman–Crippen LogP) is 2.87. The van der Waals surface area contributed by atoms with E-state index < -0.39 is 0 Å². The van der Waals surface area contributed by atoms with Crippen LogP contribution >= 0.6 is 0 Å². The summed E-state index contributed by atoms with van der Waals surface area (Å²) in [5, 5.41) is 7.69. The van der Waals surface area contributed by atoms with Crippen LogP contribution in [0, 0.1) is 0 Å². The molecule has 0 aliphatic carbocycles. The third-order valence-electron chi connectivity index (χ3n) is 2.97. The lowest BCUT2D eigenvalue weighted by Gasteiger charge is -2.02. The molecule has 2 aromatic heterocycles. The van der Waals surface area contributed by atoms with Crippen molar-refractivity contribution in [3.05, 3.63) is 72.3 Å². The van der Waals surface area contributed by atoms with Gasteiger partial charge in [-0.05, 0) is 17.7 Å². The first-order chi connectivity index (χ1) is 9.40. The Kier molecular flexibility index (Phi) is 3.32. The molecule has 19 heavy (non-hydrogen) atoms. The number of hydrogen-bond donors (Lipinski definition) is 2. The van der Waals surface area contributed by atoms with Gasteiger partial charge >= 0.3 is 0 Å². The monoisotopic (exact) mass is 252 g/mol. The molecule has 2 N–H and O–H groups in total. The molecule has 0 atom stereocenters. The average Bonchev–Trinajstić information content (AvgIpc) is 3.09. The molecule has 0 saturated heterocycles. The van der Waals surface area contributed by atoms with E-state index in [1.807, 2.05) is 47.5 Å². The fraction of sp³-hybridized carbons (Fsp3) is 0.133. The molecule has 0 bridgehead atoms. The van der Waals surface area contributed by atoms with Gasteiger partial charge in [0, 0.05) is 18.1 Å². The molecule has 96 valence electrons. The highest BCUT2D eigenvalue weighted by Gasteiger charge is 1.99. The minimum absolute atomic E-state index is 0.782. The third-order valence-corrected chi connectivity index (χ3v) is 2.97. The van der Waals surface area contributed by atoms with E-state index in [9.17, 15) is 0 Å². The second kappa shape index (κ2) is 5.44. The van der Waals surface area contributed by atoms with Gasteiger partial charge in [-0.1, -0.05) is 30.3 Å². The van der Waals surface area contributed by atoms with Gasteiger partial charge in [-0.15, -0.1) is 0 Å². The van der Waals surface area contributed by atoms with Crippen molar-refractivity contribution in [1.82, 2.24) is 14.8 Å². The topological polar surface area (TPSA) is 45.6 Å². The van der Waals surface area contributed by atoms with Gasteiger partial charge in [0.1, 0.15) is 0 Å². The largest absolute Gasteiger partial charge is 0.377 e. The molecule has 0 fully saturated rings. The lowest BCUT2D eigenvalue weighted by atomic mass is 10.2. The molecule has 3 rings (SSSR count). The van der Waals surface area contributed by atoms with Crippen LogP contribution in [-0.2, 0) is 13.1 Å². The average molecular weight is 252 g/mol. The summed E-state index contributed by atoms with van der Waals surface area (Å²) < 4.78 is 1.94. The number of anilines is 1. The maximum Gasteiger partial charge on any atom is 0.0729 e. The molecule has 4 heteroatoms. The molecule has 1 aromatic carbocycles. The van der Waals surface area contributed by atoms with Crippen LogP contribution in [0.3, 0.4) is 0 Å². The van der Waals surface area contributed by atoms with Crippen LogP contribution in [0.15, 0.2) is 61.1 Å². The molecule has 2 heterocycles. The van der Waals surface area contributed by atoms with Crippen molar-refractivity contribution in [3.8, 4) is 0 Å². The van der Waals surface area contributed by atoms with Crippen LogP contribution in [0.4, 0.5) is 5.69 Å². The van der Waals surface area contributed by atoms with Crippen molar-refractivity contribution in [2.45, 2.75) is 13.1 Å². The summed E-state index contributed by atoms with van der Waals surface area (Å²) in [4.78, 5) is 3.16. The first-order valence-corrected chi connectivity index (χ1v) is 6.33. The zero-order valence-corrected chi connectivity index (χ0v) is 10.6. The summed E-state index contributed by atoms with van der Waals surface area (Å²) in [6, 6.07) is 14.4. The Balaban J connectivity index is 1.60. The standard InChI is InChI=1S/C15H16N4/c1-2-5-13(6-3-1)11-19-12-15(10-18-19)17-9-14-7-4-8-16-14/h1-8,10,12,16-17H,9,11H2. The van der Waals surface area contributed by atoms with E-state index in [1.165, 1.54) is 5.56 Å². The van der Waals surface area contributed by atoms with Gasteiger partial charge in [-0.3, -0.25) is 4.68 Å². The van der Waals surface area contributed by atoms with Crippen LogP contribution in [0.5, 0.6) is 0 Å². The molecule has 0 radical (unpaired) electrons. The highest BCUT2D eigenvalue weighted by molar-refractivity contribution is 5.38. The van der Waals surface area contributed by atoms with E-state index in [1.54, 1.807) is 0 Å². The van der Waals surface area contributed by atoms with Crippen LogP contribution in [0.2, 0.25) is 0 Å². The molecule has 0 saturated carbocycles. The fourth-order valence-corrected chi connectivity index (χ4v) is 1.99. The van der Waals surface area contributed by atoms with Crippen LogP contribution in [0.1, 0.15) is 11.3 Å². The SMILES string of the molecule is c1ccc(Cn2cc(NCc3ccc[nH]3)cn2)cc1. The normalized spacial score (nSPS) is 10.5. The van der Waals surface area contributed by atoms with Gasteiger partial charge in [-0.25, -0.2) is 0 Å². The summed E-state index contributed by atoms with van der Waals surface area (Å²) >= 11 is 0. The smallest absolute Gasteiger partial charge is 0.0729 e. The van der Waals surface area contributed by atoms with Crippen molar-refractivity contribution >= 4 is 5.69 Å². The Morgan fingerprint density at radius 3 is 2.79 bits per heavy atom. The summed E-state index contributed by atoms with van der Waals surface area (Å²) in [5.74, 6) is 0. The molecule has 0 spiro atoms. The van der Waals surface area contributed by atoms with E-state index in [-0.39, 0.29) is 0 Å². The van der Waals surface area contributed by atoms with E-state index >= 15 is 0 Å². The number of rotatable bonds is 5. The Labute approximate surface area is 112 Å². The number of nitrogens with one attached hydrogen (secondary N) is 2. The van der Waals surface area contributed by atoms with Gasteiger partial charge in [0.15, 0.2) is 0 Å². The first-order valence-electron chi connectivity index (χ1n) is 6.33. The number of hydrogen-bond acceptors (Lipinski definition) is 2. The van der Waals surface area contributed by atoms with E-state index in [0.717, 1.165) is 24.5 Å². The molecule has 0 amide bonds. The second-order valence-corrected chi connectivity index (χ2v) is 4.46. The minimum atomic E-state index is 0.782. The van der Waals surface area contributed by atoms with Crippen LogP contribution in [0.25, 0.3) is 0 Å². The summed E-state index contributed by atoms with van der Waals surface area (Å²) in [6.07, 6.45) is 5.80. The predicted molar refractivity (Wildman–Crippen MR) is 75.9 cm³/mol. The molecule has 4 nitrogen and oxygen atoms in total. The summed E-state index contributed by atoms with van der Waals surface area (Å²) in [7, 11) is 0. The second-order valence-electron chi connectivity index (χ2n) is 4.46. The number of aromatic nitrogens is 3. The van der Waals surface area contributed by atoms with Crippen molar-refractivity contribution in [1.29, 1.82) is 0 Å². The first kappa shape index (κ1) is 11.6. The lowest BCUT2D eigenvalue weighted by molar-refractivity contribution is 0.687. The number of benzene rings is 1. The molecule has 3 aromatic rings. The van der Waals surface area contributed by atoms with Gasteiger partial charge in [-0.2, -0.15) is 5.10 Å². The third kappa shape index (κ3) is 3.04. The molecular weight excluding hydrogens is 236 g/mol. The summed E-state index contributed by atoms with van der Waals surface area (Å²) in [6.45, 7) is 1.58. The van der Waals surface area contributed by atoms with E-state index in [0.29, 0.717) is 0 Å². The van der Waals surface area contributed by atoms with E-state index in [4.69, 9.17) is 0 Å². The number of H-pyrrole nitrogens is 1. The van der Waals surface area contributed by atoms with Gasteiger partial charge < -0.3 is 10.3 Å². The van der Waals surface area contributed by atoms with Crippen molar-refractivity contribution in [2.24, 2.45) is 0 Å². The zero-order chi connectivity index (χ0) is 12.9. The minimum Gasteiger partial charge on any atom is -0.377 e. The van der Waals surface area contributed by atoms with Gasteiger partial charge in [0.25, 0.3) is 0 Å². The quantitative estimate of drug-likeness (QED) is 0.733. The van der Waals surface area contributed by atoms with Crippen molar-refractivity contribution in [3.63, 3.8) is 0 Å². The van der Waals surface area contributed by atoms with E-state index in [2.05, 4.69) is 33.6 Å². The number of aromatic amines is 1. The maximum atomic E-state index is 4.36. The molecule has 0 aliphatic heterocycles. The van der Waals surface area contributed by atoms with Crippen molar-refractivity contribution < 1.29 is 0 Å². The maximum absolute atomic E-state index is 4.36. The number of nitrogens with zero attached hydrogens (tertiary/aromatic N) is 2. The van der Waals surface area contributed by atoms with Crippen LogP contribution < -0.4 is 5.32 Å². The summed E-state index contributed by atoms with van der Waals surface area (Å²) in [5.41, 5.74) is 3.45. The molecule has 0 aliphatic rings. The lowest BCUT2D eigenvalue weighted by Crippen LogP contribution is -2.00. The van der Waals surface area contributed by atoms with Gasteiger partial charge in [0.2, 0.25) is 0 Å². The van der Waals surface area contributed by atoms with Gasteiger partial charge in [0.05, 0.1) is 25.0 Å².